The molecule has 1 aliphatic rings. The van der Waals surface area contributed by atoms with Crippen molar-refractivity contribution in [2.75, 3.05) is 11.1 Å². The number of nitrogens with zero attached hydrogens (tertiary/aromatic N) is 2. The molecule has 1 heterocycles. The van der Waals surface area contributed by atoms with Crippen LogP contribution in [0.4, 0.5) is 5.69 Å². The summed E-state index contributed by atoms with van der Waals surface area (Å²) in [6, 6.07) is 15.3. The van der Waals surface area contributed by atoms with Crippen molar-refractivity contribution in [2.45, 2.75) is 24.0 Å². The summed E-state index contributed by atoms with van der Waals surface area (Å²) < 4.78 is 2.99. The van der Waals surface area contributed by atoms with Crippen LogP contribution in [0.1, 0.15) is 23.2 Å². The summed E-state index contributed by atoms with van der Waals surface area (Å²) in [6.07, 6.45) is 3.84. The first-order chi connectivity index (χ1) is 14.5. The molecule has 6 nitrogen and oxygen atoms in total. The second-order valence-corrected chi connectivity index (χ2v) is 8.98. The molecule has 2 aromatic carbocycles. The van der Waals surface area contributed by atoms with Crippen LogP contribution in [0.2, 0.25) is 0 Å². The minimum atomic E-state index is -0.181. The number of nitrogens with one attached hydrogen (secondary N) is 2. The smallest absolute Gasteiger partial charge is 0.253 e. The summed E-state index contributed by atoms with van der Waals surface area (Å²) in [5, 5.41) is 6.57. The van der Waals surface area contributed by atoms with E-state index in [0.29, 0.717) is 11.3 Å². The number of aromatic nitrogens is 2. The number of anilines is 1. The van der Waals surface area contributed by atoms with Gasteiger partial charge in [-0.1, -0.05) is 52.0 Å². The van der Waals surface area contributed by atoms with Gasteiger partial charge in [-0.15, -0.1) is 0 Å². The molecule has 0 spiro atoms. The maximum atomic E-state index is 12.5. The number of carbonyl (C=O) groups is 2. The molecule has 1 aliphatic carbocycles. The lowest BCUT2D eigenvalue weighted by molar-refractivity contribution is -0.113. The molecule has 0 atom stereocenters. The van der Waals surface area contributed by atoms with Crippen molar-refractivity contribution in [1.82, 2.24) is 14.9 Å². The van der Waals surface area contributed by atoms with E-state index in [2.05, 4.69) is 31.5 Å². The summed E-state index contributed by atoms with van der Waals surface area (Å²) in [5.41, 5.74) is 3.04. The molecule has 1 aromatic heterocycles. The third-order valence-corrected chi connectivity index (χ3v) is 6.35. The van der Waals surface area contributed by atoms with Gasteiger partial charge in [0, 0.05) is 17.6 Å². The van der Waals surface area contributed by atoms with E-state index in [0.717, 1.165) is 33.7 Å². The molecule has 30 heavy (non-hydrogen) atoms. The lowest BCUT2D eigenvalue weighted by Crippen LogP contribution is -2.27. The number of carbonyl (C=O) groups excluding carboxylic acids is 2. The SMILES string of the molecule is Cn1c(-c2ccc(Br)cc2)cnc1SCC(=O)Nc1ccccc1C(=O)NC1CC1. The summed E-state index contributed by atoms with van der Waals surface area (Å²) in [6.45, 7) is 0. The van der Waals surface area contributed by atoms with E-state index >= 15 is 0 Å². The van der Waals surface area contributed by atoms with E-state index in [4.69, 9.17) is 0 Å². The average Bonchev–Trinajstić information content (AvgIpc) is 3.48. The molecule has 0 unspecified atom stereocenters. The third kappa shape index (κ3) is 4.94. The number of para-hydroxylation sites is 1. The molecule has 0 aliphatic heterocycles. The van der Waals surface area contributed by atoms with E-state index in [-0.39, 0.29) is 23.6 Å². The molecule has 1 fully saturated rings. The number of hydrogen-bond acceptors (Lipinski definition) is 4. The van der Waals surface area contributed by atoms with Gasteiger partial charge in [-0.3, -0.25) is 9.59 Å². The predicted octanol–water partition coefficient (Wildman–Crippen LogP) is 4.47. The second kappa shape index (κ2) is 9.06. The van der Waals surface area contributed by atoms with Crippen LogP contribution >= 0.6 is 27.7 Å². The van der Waals surface area contributed by atoms with Crippen molar-refractivity contribution in [3.63, 3.8) is 0 Å². The summed E-state index contributed by atoms with van der Waals surface area (Å²) >= 11 is 4.80. The minimum absolute atomic E-state index is 0.149. The van der Waals surface area contributed by atoms with Crippen molar-refractivity contribution in [3.8, 4) is 11.3 Å². The summed E-state index contributed by atoms with van der Waals surface area (Å²) in [4.78, 5) is 29.4. The molecular formula is C22H21BrN4O2S. The minimum Gasteiger partial charge on any atom is -0.349 e. The maximum Gasteiger partial charge on any atom is 0.253 e. The fourth-order valence-electron chi connectivity index (χ4n) is 3.01. The van der Waals surface area contributed by atoms with Crippen molar-refractivity contribution in [1.29, 1.82) is 0 Å². The van der Waals surface area contributed by atoms with Crippen LogP contribution in [0, 0.1) is 0 Å². The van der Waals surface area contributed by atoms with Gasteiger partial charge < -0.3 is 15.2 Å². The van der Waals surface area contributed by atoms with Crippen LogP contribution in [0.15, 0.2) is 64.4 Å². The highest BCUT2D eigenvalue weighted by atomic mass is 79.9. The van der Waals surface area contributed by atoms with Crippen LogP contribution in [0.3, 0.4) is 0 Å². The number of rotatable bonds is 7. The van der Waals surface area contributed by atoms with Crippen molar-refractivity contribution in [3.05, 3.63) is 64.8 Å². The number of imidazole rings is 1. The molecule has 1 saturated carbocycles. The maximum absolute atomic E-state index is 12.5. The van der Waals surface area contributed by atoms with E-state index in [1.165, 1.54) is 11.8 Å². The quantitative estimate of drug-likeness (QED) is 0.485. The summed E-state index contributed by atoms with van der Waals surface area (Å²) in [7, 11) is 1.93. The van der Waals surface area contributed by atoms with Crippen LogP contribution < -0.4 is 10.6 Å². The fourth-order valence-corrected chi connectivity index (χ4v) is 4.03. The highest BCUT2D eigenvalue weighted by molar-refractivity contribution is 9.10. The Labute approximate surface area is 187 Å². The largest absolute Gasteiger partial charge is 0.349 e. The van der Waals surface area contributed by atoms with E-state index in [1.807, 2.05) is 35.9 Å². The van der Waals surface area contributed by atoms with Gasteiger partial charge in [-0.25, -0.2) is 4.98 Å². The molecule has 2 amide bonds. The van der Waals surface area contributed by atoms with Gasteiger partial charge in [0.25, 0.3) is 5.91 Å². The first-order valence-corrected chi connectivity index (χ1v) is 11.4. The molecule has 154 valence electrons. The normalized spacial score (nSPS) is 13.1. The predicted molar refractivity (Wildman–Crippen MR) is 123 cm³/mol. The van der Waals surface area contributed by atoms with Crippen LogP contribution in [0.5, 0.6) is 0 Å². The molecule has 0 bridgehead atoms. The Hall–Kier alpha value is -2.58. The molecule has 0 saturated heterocycles. The summed E-state index contributed by atoms with van der Waals surface area (Å²) in [5.74, 6) is -0.132. The van der Waals surface area contributed by atoms with Gasteiger partial charge >= 0.3 is 0 Å². The van der Waals surface area contributed by atoms with E-state index < -0.39 is 0 Å². The Kier molecular flexibility index (Phi) is 6.24. The standard InChI is InChI=1S/C22H21BrN4O2S/c1-27-19(14-6-8-15(23)9-7-14)12-24-22(27)30-13-20(28)26-18-5-3-2-4-17(18)21(29)25-16-10-11-16/h2-9,12,16H,10-11,13H2,1H3,(H,25,29)(H,26,28). The molecule has 2 N–H and O–H groups in total. The Balaban J connectivity index is 1.39. The monoisotopic (exact) mass is 484 g/mol. The van der Waals surface area contributed by atoms with Gasteiger partial charge in [0.15, 0.2) is 5.16 Å². The number of halogens is 1. The Morgan fingerprint density at radius 2 is 1.90 bits per heavy atom. The topological polar surface area (TPSA) is 76.0 Å². The average molecular weight is 485 g/mol. The molecule has 3 aromatic rings. The Morgan fingerprint density at radius 3 is 2.63 bits per heavy atom. The van der Waals surface area contributed by atoms with Crippen molar-refractivity contribution in [2.24, 2.45) is 7.05 Å². The molecule has 8 heteroatoms. The number of hydrogen-bond donors (Lipinski definition) is 2. The second-order valence-electron chi connectivity index (χ2n) is 7.12. The molecular weight excluding hydrogens is 464 g/mol. The zero-order valence-corrected chi connectivity index (χ0v) is 18.8. The first kappa shape index (κ1) is 20.7. The lowest BCUT2D eigenvalue weighted by Gasteiger charge is -2.11. The number of thioether (sulfide) groups is 1. The zero-order chi connectivity index (χ0) is 21.1. The third-order valence-electron chi connectivity index (χ3n) is 4.78. The van der Waals surface area contributed by atoms with Crippen LogP contribution in [-0.4, -0.2) is 33.2 Å². The van der Waals surface area contributed by atoms with Gasteiger partial charge in [-0.05, 0) is 42.7 Å². The molecule has 0 radical (unpaired) electrons. The number of amides is 2. The van der Waals surface area contributed by atoms with E-state index in [1.54, 1.807) is 30.5 Å². The zero-order valence-electron chi connectivity index (χ0n) is 16.4. The fraction of sp³-hybridized carbons (Fsp3) is 0.227. The van der Waals surface area contributed by atoms with Gasteiger partial charge in [0.05, 0.1) is 28.9 Å². The van der Waals surface area contributed by atoms with Crippen molar-refractivity contribution >= 4 is 45.2 Å². The highest BCUT2D eigenvalue weighted by Gasteiger charge is 2.25. The lowest BCUT2D eigenvalue weighted by atomic mass is 10.1. The highest BCUT2D eigenvalue weighted by Crippen LogP contribution is 2.26. The van der Waals surface area contributed by atoms with Crippen LogP contribution in [-0.2, 0) is 11.8 Å². The Morgan fingerprint density at radius 1 is 1.17 bits per heavy atom. The van der Waals surface area contributed by atoms with E-state index in [9.17, 15) is 9.59 Å². The van der Waals surface area contributed by atoms with Gasteiger partial charge in [-0.2, -0.15) is 0 Å². The van der Waals surface area contributed by atoms with Crippen molar-refractivity contribution < 1.29 is 9.59 Å². The Bertz CT molecular complexity index is 1080. The van der Waals surface area contributed by atoms with Gasteiger partial charge in [0.1, 0.15) is 0 Å². The number of benzene rings is 2. The molecule has 4 rings (SSSR count). The first-order valence-electron chi connectivity index (χ1n) is 9.61. The van der Waals surface area contributed by atoms with Gasteiger partial charge in [0.2, 0.25) is 5.91 Å². The van der Waals surface area contributed by atoms with Crippen LogP contribution in [0.25, 0.3) is 11.3 Å².